The molecule has 0 saturated heterocycles. The Morgan fingerprint density at radius 1 is 1.12 bits per heavy atom. The first kappa shape index (κ1) is 17.1. The molecule has 1 amide bonds. The van der Waals surface area contributed by atoms with E-state index in [1.807, 2.05) is 43.3 Å². The van der Waals surface area contributed by atoms with Gasteiger partial charge in [0, 0.05) is 5.56 Å². The van der Waals surface area contributed by atoms with Crippen molar-refractivity contribution in [3.05, 3.63) is 59.2 Å². The monoisotopic (exact) mass is 353 g/mol. The maximum atomic E-state index is 12.2. The number of nitrogens with one attached hydrogen (secondary N) is 1. The molecule has 0 spiro atoms. The molecular formula is C19H19N3O2S. The van der Waals surface area contributed by atoms with Crippen molar-refractivity contribution in [3.63, 3.8) is 0 Å². The van der Waals surface area contributed by atoms with Gasteiger partial charge < -0.3 is 10.1 Å². The summed E-state index contributed by atoms with van der Waals surface area (Å²) in [6.07, 6.45) is 0.280. The van der Waals surface area contributed by atoms with Gasteiger partial charge >= 0.3 is 0 Å². The summed E-state index contributed by atoms with van der Waals surface area (Å²) in [5.41, 5.74) is 4.31. The van der Waals surface area contributed by atoms with E-state index in [1.165, 1.54) is 16.9 Å². The van der Waals surface area contributed by atoms with Gasteiger partial charge in [-0.1, -0.05) is 47.2 Å². The normalized spacial score (nSPS) is 10.5. The molecule has 3 rings (SSSR count). The Balaban J connectivity index is 1.67. The predicted octanol–water partition coefficient (Wildman–Crippen LogP) is 4.01. The van der Waals surface area contributed by atoms with Crippen LogP contribution in [0.25, 0.3) is 10.6 Å². The van der Waals surface area contributed by atoms with Crippen LogP contribution in [0.1, 0.15) is 16.7 Å². The van der Waals surface area contributed by atoms with E-state index in [1.54, 1.807) is 7.11 Å². The van der Waals surface area contributed by atoms with Crippen LogP contribution in [0.2, 0.25) is 0 Å². The summed E-state index contributed by atoms with van der Waals surface area (Å²) in [6, 6.07) is 13.6. The highest BCUT2D eigenvalue weighted by Gasteiger charge is 2.12. The number of nitrogens with zero attached hydrogens (tertiary/aromatic N) is 2. The van der Waals surface area contributed by atoms with Crippen molar-refractivity contribution in [1.29, 1.82) is 0 Å². The number of benzene rings is 2. The van der Waals surface area contributed by atoms with Gasteiger partial charge in [0.05, 0.1) is 13.5 Å². The van der Waals surface area contributed by atoms with E-state index in [9.17, 15) is 4.79 Å². The summed E-state index contributed by atoms with van der Waals surface area (Å²) < 4.78 is 5.11. The number of anilines is 1. The van der Waals surface area contributed by atoms with Gasteiger partial charge in [-0.05, 0) is 37.1 Å². The zero-order valence-electron chi connectivity index (χ0n) is 14.4. The second kappa shape index (κ2) is 7.44. The third-order valence-corrected chi connectivity index (χ3v) is 4.68. The fourth-order valence-corrected chi connectivity index (χ4v) is 3.38. The molecule has 0 unspecified atom stereocenters. The third kappa shape index (κ3) is 4.22. The largest absolute Gasteiger partial charge is 0.497 e. The molecule has 0 bridgehead atoms. The van der Waals surface area contributed by atoms with Gasteiger partial charge in [0.2, 0.25) is 11.0 Å². The standard InChI is InChI=1S/C19H19N3O2S/c1-12-4-9-16(13(2)10-12)18-21-22-19(25-18)20-17(23)11-14-5-7-15(24-3)8-6-14/h4-10H,11H2,1-3H3,(H,20,22,23). The summed E-state index contributed by atoms with van der Waals surface area (Å²) >= 11 is 1.38. The van der Waals surface area contributed by atoms with E-state index >= 15 is 0 Å². The maximum Gasteiger partial charge on any atom is 0.230 e. The van der Waals surface area contributed by atoms with E-state index in [0.29, 0.717) is 5.13 Å². The van der Waals surface area contributed by atoms with Crippen molar-refractivity contribution in [1.82, 2.24) is 10.2 Å². The minimum atomic E-state index is -0.117. The summed E-state index contributed by atoms with van der Waals surface area (Å²) in [4.78, 5) is 12.2. The average Bonchev–Trinajstić information content (AvgIpc) is 3.03. The smallest absolute Gasteiger partial charge is 0.230 e. The van der Waals surface area contributed by atoms with Gasteiger partial charge in [-0.2, -0.15) is 0 Å². The van der Waals surface area contributed by atoms with Gasteiger partial charge in [0.15, 0.2) is 0 Å². The highest BCUT2D eigenvalue weighted by Crippen LogP contribution is 2.29. The fourth-order valence-electron chi connectivity index (χ4n) is 2.53. The Labute approximate surface area is 150 Å². The quantitative estimate of drug-likeness (QED) is 0.753. The highest BCUT2D eigenvalue weighted by atomic mass is 32.1. The first-order chi connectivity index (χ1) is 12.0. The summed E-state index contributed by atoms with van der Waals surface area (Å²) in [5.74, 6) is 0.653. The Kier molecular flexibility index (Phi) is 5.09. The lowest BCUT2D eigenvalue weighted by molar-refractivity contribution is -0.115. The predicted molar refractivity (Wildman–Crippen MR) is 100 cm³/mol. The van der Waals surface area contributed by atoms with Crippen LogP contribution in [0, 0.1) is 13.8 Å². The lowest BCUT2D eigenvalue weighted by Gasteiger charge is -2.03. The topological polar surface area (TPSA) is 64.1 Å². The van der Waals surface area contributed by atoms with Crippen molar-refractivity contribution < 1.29 is 9.53 Å². The molecule has 5 nitrogen and oxygen atoms in total. The van der Waals surface area contributed by atoms with E-state index < -0.39 is 0 Å². The molecule has 1 heterocycles. The van der Waals surface area contributed by atoms with Crippen molar-refractivity contribution in [2.24, 2.45) is 0 Å². The SMILES string of the molecule is COc1ccc(CC(=O)Nc2nnc(-c3ccc(C)cc3C)s2)cc1. The number of hydrogen-bond donors (Lipinski definition) is 1. The molecule has 1 aromatic heterocycles. The van der Waals surface area contributed by atoms with Gasteiger partial charge in [-0.15, -0.1) is 10.2 Å². The van der Waals surface area contributed by atoms with Gasteiger partial charge in [-0.25, -0.2) is 0 Å². The lowest BCUT2D eigenvalue weighted by Crippen LogP contribution is -2.14. The molecule has 0 atom stereocenters. The number of aryl methyl sites for hydroxylation is 2. The summed E-state index contributed by atoms with van der Waals surface area (Å²) in [6.45, 7) is 4.10. The number of methoxy groups -OCH3 is 1. The van der Waals surface area contributed by atoms with Crippen LogP contribution in [-0.4, -0.2) is 23.2 Å². The molecule has 0 aliphatic rings. The number of rotatable bonds is 5. The molecular weight excluding hydrogens is 334 g/mol. The molecule has 0 aliphatic heterocycles. The molecule has 0 aliphatic carbocycles. The zero-order chi connectivity index (χ0) is 17.8. The second-order valence-electron chi connectivity index (χ2n) is 5.80. The average molecular weight is 353 g/mol. The summed E-state index contributed by atoms with van der Waals surface area (Å²) in [7, 11) is 1.62. The first-order valence-corrected chi connectivity index (χ1v) is 8.70. The van der Waals surface area contributed by atoms with Crippen LogP contribution >= 0.6 is 11.3 Å². The lowest BCUT2D eigenvalue weighted by atomic mass is 10.1. The van der Waals surface area contributed by atoms with E-state index in [4.69, 9.17) is 4.74 Å². The number of ether oxygens (including phenoxy) is 1. The molecule has 25 heavy (non-hydrogen) atoms. The van der Waals surface area contributed by atoms with Crippen LogP contribution in [0.4, 0.5) is 5.13 Å². The van der Waals surface area contributed by atoms with Crippen LogP contribution in [-0.2, 0) is 11.2 Å². The minimum absolute atomic E-state index is 0.117. The fraction of sp³-hybridized carbons (Fsp3) is 0.211. The highest BCUT2D eigenvalue weighted by molar-refractivity contribution is 7.18. The molecule has 1 N–H and O–H groups in total. The molecule has 0 radical (unpaired) electrons. The first-order valence-electron chi connectivity index (χ1n) is 7.89. The number of hydrogen-bond acceptors (Lipinski definition) is 5. The van der Waals surface area contributed by atoms with E-state index in [-0.39, 0.29) is 12.3 Å². The number of amides is 1. The van der Waals surface area contributed by atoms with Crippen LogP contribution in [0.15, 0.2) is 42.5 Å². The molecule has 2 aromatic carbocycles. The molecule has 0 fully saturated rings. The van der Waals surface area contributed by atoms with E-state index in [2.05, 4.69) is 28.5 Å². The second-order valence-corrected chi connectivity index (χ2v) is 6.78. The Morgan fingerprint density at radius 3 is 2.56 bits per heavy atom. The van der Waals surface area contributed by atoms with E-state index in [0.717, 1.165) is 27.4 Å². The Hall–Kier alpha value is -2.73. The van der Waals surface area contributed by atoms with Gasteiger partial charge in [-0.3, -0.25) is 4.79 Å². The Morgan fingerprint density at radius 2 is 1.88 bits per heavy atom. The number of carbonyl (C=O) groups excluding carboxylic acids is 1. The van der Waals surface area contributed by atoms with Crippen molar-refractivity contribution in [3.8, 4) is 16.3 Å². The number of carbonyl (C=O) groups is 1. The van der Waals surface area contributed by atoms with Gasteiger partial charge in [0.25, 0.3) is 0 Å². The molecule has 6 heteroatoms. The van der Waals surface area contributed by atoms with Crippen LogP contribution < -0.4 is 10.1 Å². The molecule has 128 valence electrons. The van der Waals surface area contributed by atoms with Crippen molar-refractivity contribution in [2.75, 3.05) is 12.4 Å². The maximum absolute atomic E-state index is 12.2. The van der Waals surface area contributed by atoms with Crippen molar-refractivity contribution in [2.45, 2.75) is 20.3 Å². The zero-order valence-corrected chi connectivity index (χ0v) is 15.2. The summed E-state index contributed by atoms with van der Waals surface area (Å²) in [5, 5.41) is 12.4. The molecule has 3 aromatic rings. The Bertz CT molecular complexity index is 888. The number of aromatic nitrogens is 2. The van der Waals surface area contributed by atoms with Crippen LogP contribution in [0.3, 0.4) is 0 Å². The molecule has 0 saturated carbocycles. The van der Waals surface area contributed by atoms with Crippen LogP contribution in [0.5, 0.6) is 5.75 Å². The van der Waals surface area contributed by atoms with Gasteiger partial charge in [0.1, 0.15) is 10.8 Å². The van der Waals surface area contributed by atoms with Crippen molar-refractivity contribution >= 4 is 22.4 Å². The third-order valence-electron chi connectivity index (χ3n) is 3.81. The minimum Gasteiger partial charge on any atom is -0.497 e.